The highest BCUT2D eigenvalue weighted by Gasteiger charge is 1.97. The molecule has 0 fully saturated rings. The number of hydrogen-bond acceptors (Lipinski definition) is 3. The molecule has 0 amide bonds. The van der Waals surface area contributed by atoms with Gasteiger partial charge in [-0.05, 0) is 30.5 Å². The molecule has 3 N–H and O–H groups in total. The van der Waals surface area contributed by atoms with Crippen LogP contribution in [0.4, 0.5) is 0 Å². The Morgan fingerprint density at radius 1 is 1.12 bits per heavy atom. The van der Waals surface area contributed by atoms with Crippen LogP contribution in [0.1, 0.15) is 30.4 Å². The summed E-state index contributed by atoms with van der Waals surface area (Å²) in [6, 6.07) is 7.77. The number of carbonyl (C=O) groups is 1. The first-order chi connectivity index (χ1) is 8.22. The van der Waals surface area contributed by atoms with Crippen LogP contribution in [0.5, 0.6) is 0 Å². The Kier molecular flexibility index (Phi) is 6.29. The summed E-state index contributed by atoms with van der Waals surface area (Å²) in [5.74, 6) is -0.732. The average molecular weight is 237 g/mol. The monoisotopic (exact) mass is 237 g/mol. The fourth-order valence-electron chi connectivity index (χ4n) is 1.52. The van der Waals surface area contributed by atoms with Gasteiger partial charge in [-0.15, -0.1) is 0 Å². The van der Waals surface area contributed by atoms with Crippen LogP contribution in [0.3, 0.4) is 0 Å². The summed E-state index contributed by atoms with van der Waals surface area (Å²) in [5.41, 5.74) is 2.08. The zero-order chi connectivity index (χ0) is 12.5. The predicted octanol–water partition coefficient (Wildman–Crippen LogP) is 1.52. The maximum atomic E-state index is 10.3. The van der Waals surface area contributed by atoms with Crippen LogP contribution in [0, 0.1) is 0 Å². The van der Waals surface area contributed by atoms with Crippen LogP contribution in [0.2, 0.25) is 0 Å². The lowest BCUT2D eigenvalue weighted by atomic mass is 10.1. The van der Waals surface area contributed by atoms with Crippen molar-refractivity contribution < 1.29 is 15.0 Å². The molecule has 0 spiro atoms. The standard InChI is InChI=1S/C13H19NO3/c15-10-12-6-4-11(5-7-12)9-14-8-2-1-3-13(16)17/h4-7,14-15H,1-3,8-10H2,(H,16,17). The number of carboxylic acid groups (broad SMARTS) is 1. The summed E-state index contributed by atoms with van der Waals surface area (Å²) < 4.78 is 0. The van der Waals surface area contributed by atoms with E-state index in [-0.39, 0.29) is 13.0 Å². The van der Waals surface area contributed by atoms with Crippen molar-refractivity contribution in [2.45, 2.75) is 32.4 Å². The number of rotatable bonds is 8. The largest absolute Gasteiger partial charge is 0.481 e. The summed E-state index contributed by atoms with van der Waals surface area (Å²) in [5, 5.41) is 20.6. The fraction of sp³-hybridized carbons (Fsp3) is 0.462. The Hall–Kier alpha value is -1.39. The van der Waals surface area contributed by atoms with Gasteiger partial charge in [0.1, 0.15) is 0 Å². The third-order valence-corrected chi connectivity index (χ3v) is 2.53. The molecule has 0 aliphatic rings. The highest BCUT2D eigenvalue weighted by atomic mass is 16.4. The molecule has 1 aromatic carbocycles. The van der Waals surface area contributed by atoms with Gasteiger partial charge in [0.15, 0.2) is 0 Å². The molecular weight excluding hydrogens is 218 g/mol. The van der Waals surface area contributed by atoms with E-state index in [1.165, 1.54) is 5.56 Å². The molecule has 0 aromatic heterocycles. The Morgan fingerprint density at radius 3 is 2.35 bits per heavy atom. The van der Waals surface area contributed by atoms with Crippen molar-refractivity contribution in [3.05, 3.63) is 35.4 Å². The van der Waals surface area contributed by atoms with E-state index in [0.29, 0.717) is 6.42 Å². The second-order valence-corrected chi connectivity index (χ2v) is 4.00. The van der Waals surface area contributed by atoms with E-state index >= 15 is 0 Å². The van der Waals surface area contributed by atoms with Gasteiger partial charge >= 0.3 is 5.97 Å². The van der Waals surface area contributed by atoms with Gasteiger partial charge in [0.25, 0.3) is 0 Å². The summed E-state index contributed by atoms with van der Waals surface area (Å²) in [6.07, 6.45) is 1.83. The van der Waals surface area contributed by atoms with Crippen LogP contribution < -0.4 is 5.32 Å². The lowest BCUT2D eigenvalue weighted by Crippen LogP contribution is -2.14. The van der Waals surface area contributed by atoms with Gasteiger partial charge in [-0.3, -0.25) is 4.79 Å². The zero-order valence-electron chi connectivity index (χ0n) is 9.85. The number of carboxylic acids is 1. The smallest absolute Gasteiger partial charge is 0.303 e. The highest BCUT2D eigenvalue weighted by Crippen LogP contribution is 2.04. The van der Waals surface area contributed by atoms with E-state index in [1.807, 2.05) is 24.3 Å². The molecule has 1 aromatic rings. The Morgan fingerprint density at radius 2 is 1.76 bits per heavy atom. The molecule has 0 atom stereocenters. The van der Waals surface area contributed by atoms with Crippen molar-refractivity contribution in [1.82, 2.24) is 5.32 Å². The van der Waals surface area contributed by atoms with Gasteiger partial charge in [-0.2, -0.15) is 0 Å². The maximum absolute atomic E-state index is 10.3. The Bertz CT molecular complexity index is 335. The highest BCUT2D eigenvalue weighted by molar-refractivity contribution is 5.66. The van der Waals surface area contributed by atoms with Gasteiger partial charge in [0, 0.05) is 13.0 Å². The first kappa shape index (κ1) is 13.7. The minimum Gasteiger partial charge on any atom is -0.481 e. The zero-order valence-corrected chi connectivity index (χ0v) is 9.85. The van der Waals surface area contributed by atoms with Crippen molar-refractivity contribution >= 4 is 5.97 Å². The molecule has 0 saturated carbocycles. The molecule has 0 aliphatic carbocycles. The van der Waals surface area contributed by atoms with Gasteiger partial charge in [0.05, 0.1) is 6.61 Å². The summed E-state index contributed by atoms with van der Waals surface area (Å²) >= 11 is 0. The Balaban J connectivity index is 2.11. The number of aliphatic hydroxyl groups is 1. The normalized spacial score (nSPS) is 10.4. The van der Waals surface area contributed by atoms with Crippen molar-refractivity contribution in [3.63, 3.8) is 0 Å². The van der Waals surface area contributed by atoms with E-state index < -0.39 is 5.97 Å². The SMILES string of the molecule is O=C(O)CCCCNCc1ccc(CO)cc1. The molecule has 0 bridgehead atoms. The van der Waals surface area contributed by atoms with Crippen molar-refractivity contribution in [2.24, 2.45) is 0 Å². The second-order valence-electron chi connectivity index (χ2n) is 4.00. The molecule has 0 unspecified atom stereocenters. The van der Waals surface area contributed by atoms with Gasteiger partial charge in [-0.1, -0.05) is 24.3 Å². The van der Waals surface area contributed by atoms with Crippen LogP contribution in [-0.4, -0.2) is 22.7 Å². The third kappa shape index (κ3) is 6.04. The van der Waals surface area contributed by atoms with Gasteiger partial charge in [-0.25, -0.2) is 0 Å². The summed E-state index contributed by atoms with van der Waals surface area (Å²) in [7, 11) is 0. The number of aliphatic hydroxyl groups excluding tert-OH is 1. The molecule has 1 rings (SSSR count). The molecule has 0 radical (unpaired) electrons. The van der Waals surface area contributed by atoms with Crippen molar-refractivity contribution in [3.8, 4) is 0 Å². The number of benzene rings is 1. The maximum Gasteiger partial charge on any atom is 0.303 e. The van der Waals surface area contributed by atoms with E-state index in [0.717, 1.165) is 25.1 Å². The second kappa shape index (κ2) is 7.81. The quantitative estimate of drug-likeness (QED) is 0.600. The van der Waals surface area contributed by atoms with Crippen LogP contribution in [0.25, 0.3) is 0 Å². The van der Waals surface area contributed by atoms with Crippen LogP contribution >= 0.6 is 0 Å². The fourth-order valence-corrected chi connectivity index (χ4v) is 1.52. The number of aliphatic carboxylic acids is 1. The summed E-state index contributed by atoms with van der Waals surface area (Å²) in [6.45, 7) is 1.68. The first-order valence-corrected chi connectivity index (χ1v) is 5.83. The number of unbranched alkanes of at least 4 members (excludes halogenated alkanes) is 1. The summed E-state index contributed by atoms with van der Waals surface area (Å²) in [4.78, 5) is 10.3. The predicted molar refractivity (Wildman–Crippen MR) is 65.6 cm³/mol. The van der Waals surface area contributed by atoms with E-state index in [9.17, 15) is 4.79 Å². The third-order valence-electron chi connectivity index (χ3n) is 2.53. The van der Waals surface area contributed by atoms with E-state index in [4.69, 9.17) is 10.2 Å². The van der Waals surface area contributed by atoms with Gasteiger partial charge < -0.3 is 15.5 Å². The number of nitrogens with one attached hydrogen (secondary N) is 1. The average Bonchev–Trinajstić information content (AvgIpc) is 2.34. The topological polar surface area (TPSA) is 69.6 Å². The molecule has 4 nitrogen and oxygen atoms in total. The molecule has 17 heavy (non-hydrogen) atoms. The first-order valence-electron chi connectivity index (χ1n) is 5.83. The Labute approximate surface area is 101 Å². The molecule has 0 heterocycles. The lowest BCUT2D eigenvalue weighted by Gasteiger charge is -2.05. The number of hydrogen-bond donors (Lipinski definition) is 3. The van der Waals surface area contributed by atoms with Crippen LogP contribution in [0.15, 0.2) is 24.3 Å². The molecule has 94 valence electrons. The molecule has 4 heteroatoms. The lowest BCUT2D eigenvalue weighted by molar-refractivity contribution is -0.137. The minimum absolute atomic E-state index is 0.0723. The van der Waals surface area contributed by atoms with Gasteiger partial charge in [0.2, 0.25) is 0 Å². The molecule has 0 saturated heterocycles. The minimum atomic E-state index is -0.732. The van der Waals surface area contributed by atoms with Crippen molar-refractivity contribution in [1.29, 1.82) is 0 Å². The molecule has 0 aliphatic heterocycles. The molecular formula is C13H19NO3. The van der Waals surface area contributed by atoms with Crippen LogP contribution in [-0.2, 0) is 17.9 Å². The van der Waals surface area contributed by atoms with Crippen molar-refractivity contribution in [2.75, 3.05) is 6.54 Å². The van der Waals surface area contributed by atoms with E-state index in [2.05, 4.69) is 5.32 Å². The van der Waals surface area contributed by atoms with E-state index in [1.54, 1.807) is 0 Å².